The summed E-state index contributed by atoms with van der Waals surface area (Å²) in [6.45, 7) is 5.77. The van der Waals surface area contributed by atoms with E-state index < -0.39 is 0 Å². The van der Waals surface area contributed by atoms with Crippen molar-refractivity contribution in [2.45, 2.75) is 42.5 Å². The van der Waals surface area contributed by atoms with Gasteiger partial charge >= 0.3 is 0 Å². The number of thioether (sulfide) groups is 1. The molecule has 4 aliphatic heterocycles. The SMILES string of the molecule is c1cc(CCCN2CCC3C(C2)c2cccc4c2N3CCS4)c2c(c1)CCO2. The number of nitrogens with zero attached hydrogens (tertiary/aromatic N) is 2. The van der Waals surface area contributed by atoms with E-state index in [9.17, 15) is 0 Å². The third-order valence-corrected chi connectivity index (χ3v) is 8.11. The first-order valence-electron chi connectivity index (χ1n) is 10.9. The standard InChI is InChI=1S/C24H28N2OS/c1-4-17(24-18(5-1)10-14-27-24)6-3-11-25-12-9-21-20(16-25)19-7-2-8-22-23(19)26(21)13-15-28-22/h1-2,4-5,7-8,20-21H,3,6,9-16H2. The fourth-order valence-electron chi connectivity index (χ4n) is 5.82. The molecule has 4 heteroatoms. The summed E-state index contributed by atoms with van der Waals surface area (Å²) in [7, 11) is 0. The summed E-state index contributed by atoms with van der Waals surface area (Å²) in [5, 5.41) is 0. The average molecular weight is 393 g/mol. The Labute approximate surface area is 172 Å². The summed E-state index contributed by atoms with van der Waals surface area (Å²) >= 11 is 2.05. The zero-order valence-electron chi connectivity index (χ0n) is 16.4. The van der Waals surface area contributed by atoms with Gasteiger partial charge in [0.1, 0.15) is 5.75 Å². The number of likely N-dealkylation sites (tertiary alicyclic amines) is 1. The molecule has 146 valence electrons. The molecule has 3 nitrogen and oxygen atoms in total. The van der Waals surface area contributed by atoms with E-state index in [2.05, 4.69) is 46.2 Å². The zero-order valence-corrected chi connectivity index (χ0v) is 17.2. The predicted molar refractivity (Wildman–Crippen MR) is 116 cm³/mol. The summed E-state index contributed by atoms with van der Waals surface area (Å²) in [6.07, 6.45) is 4.75. The topological polar surface area (TPSA) is 15.7 Å². The third kappa shape index (κ3) is 2.76. The van der Waals surface area contributed by atoms with Crippen LogP contribution in [0.1, 0.15) is 35.4 Å². The van der Waals surface area contributed by atoms with Crippen LogP contribution in [0.2, 0.25) is 0 Å². The van der Waals surface area contributed by atoms with Crippen LogP contribution in [0.4, 0.5) is 5.69 Å². The van der Waals surface area contributed by atoms with Crippen molar-refractivity contribution in [2.75, 3.05) is 43.4 Å². The van der Waals surface area contributed by atoms with E-state index in [1.165, 1.54) is 66.5 Å². The molecule has 0 bridgehead atoms. The molecule has 4 heterocycles. The Morgan fingerprint density at radius 2 is 2.07 bits per heavy atom. The van der Waals surface area contributed by atoms with E-state index in [0.29, 0.717) is 5.92 Å². The van der Waals surface area contributed by atoms with Crippen molar-refractivity contribution in [3.8, 4) is 5.75 Å². The highest BCUT2D eigenvalue weighted by Crippen LogP contribution is 2.50. The van der Waals surface area contributed by atoms with Gasteiger partial charge in [0, 0.05) is 48.7 Å². The van der Waals surface area contributed by atoms with Crippen LogP contribution in [0.3, 0.4) is 0 Å². The van der Waals surface area contributed by atoms with Crippen molar-refractivity contribution in [1.29, 1.82) is 0 Å². The number of aryl methyl sites for hydroxylation is 1. The van der Waals surface area contributed by atoms with Gasteiger partial charge in [-0.15, -0.1) is 11.8 Å². The molecule has 1 fully saturated rings. The minimum Gasteiger partial charge on any atom is -0.493 e. The van der Waals surface area contributed by atoms with Gasteiger partial charge in [-0.2, -0.15) is 0 Å². The number of ether oxygens (including phenoxy) is 1. The van der Waals surface area contributed by atoms with E-state index >= 15 is 0 Å². The number of piperidine rings is 1. The van der Waals surface area contributed by atoms with Gasteiger partial charge in [0.05, 0.1) is 12.3 Å². The lowest BCUT2D eigenvalue weighted by Gasteiger charge is -2.40. The number of rotatable bonds is 4. The Morgan fingerprint density at radius 3 is 3.07 bits per heavy atom. The molecule has 1 saturated heterocycles. The fourth-order valence-corrected chi connectivity index (χ4v) is 6.88. The van der Waals surface area contributed by atoms with Crippen LogP contribution in [0, 0.1) is 0 Å². The van der Waals surface area contributed by atoms with E-state index in [0.717, 1.165) is 25.5 Å². The largest absolute Gasteiger partial charge is 0.493 e. The summed E-state index contributed by atoms with van der Waals surface area (Å²) in [5.74, 6) is 3.13. The normalized spacial score (nSPS) is 25.2. The van der Waals surface area contributed by atoms with Crippen molar-refractivity contribution in [3.63, 3.8) is 0 Å². The summed E-state index contributed by atoms with van der Waals surface area (Å²) in [5.41, 5.74) is 6.01. The van der Waals surface area contributed by atoms with Gasteiger partial charge in [0.2, 0.25) is 0 Å². The molecular weight excluding hydrogens is 364 g/mol. The van der Waals surface area contributed by atoms with Crippen molar-refractivity contribution < 1.29 is 4.74 Å². The molecule has 0 N–H and O–H groups in total. The lowest BCUT2D eigenvalue weighted by molar-refractivity contribution is 0.192. The lowest BCUT2D eigenvalue weighted by Crippen LogP contribution is -2.47. The van der Waals surface area contributed by atoms with E-state index in [1.807, 2.05) is 11.8 Å². The second-order valence-corrected chi connectivity index (χ2v) is 9.74. The molecule has 0 aliphatic carbocycles. The van der Waals surface area contributed by atoms with Crippen LogP contribution in [-0.4, -0.2) is 49.5 Å². The highest BCUT2D eigenvalue weighted by Gasteiger charge is 2.43. The Kier molecular flexibility index (Phi) is 4.31. The first-order valence-corrected chi connectivity index (χ1v) is 11.9. The first kappa shape index (κ1) is 17.2. The molecule has 0 spiro atoms. The molecule has 2 aromatic carbocycles. The molecule has 0 aromatic heterocycles. The molecule has 6 rings (SSSR count). The predicted octanol–water partition coefficient (Wildman–Crippen LogP) is 4.34. The number of fused-ring (bicyclic) bond motifs is 4. The maximum Gasteiger partial charge on any atom is 0.125 e. The van der Waals surface area contributed by atoms with Gasteiger partial charge in [0.25, 0.3) is 0 Å². The Bertz CT molecular complexity index is 898. The van der Waals surface area contributed by atoms with E-state index in [4.69, 9.17) is 4.74 Å². The number of hydrogen-bond donors (Lipinski definition) is 0. The molecule has 2 unspecified atom stereocenters. The number of para-hydroxylation sites is 2. The molecular formula is C24H28N2OS. The van der Waals surface area contributed by atoms with Crippen molar-refractivity contribution in [2.24, 2.45) is 0 Å². The lowest BCUT2D eigenvalue weighted by atomic mass is 9.89. The van der Waals surface area contributed by atoms with Gasteiger partial charge in [-0.25, -0.2) is 0 Å². The Morgan fingerprint density at radius 1 is 1.11 bits per heavy atom. The van der Waals surface area contributed by atoms with Gasteiger partial charge in [-0.1, -0.05) is 30.3 Å². The summed E-state index contributed by atoms with van der Waals surface area (Å²) in [6, 6.07) is 14.4. The van der Waals surface area contributed by atoms with E-state index in [1.54, 1.807) is 11.3 Å². The minimum absolute atomic E-state index is 0.701. The zero-order chi connectivity index (χ0) is 18.5. The monoisotopic (exact) mass is 392 g/mol. The third-order valence-electron chi connectivity index (χ3n) is 7.08. The van der Waals surface area contributed by atoms with Crippen molar-refractivity contribution >= 4 is 17.4 Å². The van der Waals surface area contributed by atoms with Crippen LogP contribution in [0.15, 0.2) is 41.3 Å². The van der Waals surface area contributed by atoms with Crippen molar-refractivity contribution in [1.82, 2.24) is 4.90 Å². The van der Waals surface area contributed by atoms with Crippen LogP contribution in [-0.2, 0) is 12.8 Å². The summed E-state index contributed by atoms with van der Waals surface area (Å²) in [4.78, 5) is 6.98. The first-order chi connectivity index (χ1) is 13.9. The van der Waals surface area contributed by atoms with Gasteiger partial charge in [-0.3, -0.25) is 0 Å². The van der Waals surface area contributed by atoms with Crippen LogP contribution >= 0.6 is 11.8 Å². The average Bonchev–Trinajstić information content (AvgIpc) is 3.34. The quantitative estimate of drug-likeness (QED) is 0.769. The second kappa shape index (κ2) is 7.00. The van der Waals surface area contributed by atoms with Crippen LogP contribution in [0.5, 0.6) is 5.75 Å². The number of hydrogen-bond acceptors (Lipinski definition) is 4. The van der Waals surface area contributed by atoms with Gasteiger partial charge < -0.3 is 14.5 Å². The molecule has 0 saturated carbocycles. The van der Waals surface area contributed by atoms with Gasteiger partial charge in [0.15, 0.2) is 0 Å². The summed E-state index contributed by atoms with van der Waals surface area (Å²) < 4.78 is 5.89. The minimum atomic E-state index is 0.701. The molecule has 2 aromatic rings. The molecule has 4 aliphatic rings. The highest BCUT2D eigenvalue weighted by atomic mass is 32.2. The molecule has 0 amide bonds. The van der Waals surface area contributed by atoms with Crippen LogP contribution in [0.25, 0.3) is 0 Å². The number of benzene rings is 2. The van der Waals surface area contributed by atoms with Crippen LogP contribution < -0.4 is 9.64 Å². The highest BCUT2D eigenvalue weighted by molar-refractivity contribution is 7.99. The van der Waals surface area contributed by atoms with Gasteiger partial charge in [-0.05, 0) is 48.6 Å². The van der Waals surface area contributed by atoms with E-state index in [-0.39, 0.29) is 0 Å². The Hall–Kier alpha value is -1.65. The number of anilines is 1. The molecule has 28 heavy (non-hydrogen) atoms. The molecule has 0 radical (unpaired) electrons. The Balaban J connectivity index is 1.13. The molecule has 2 atom stereocenters. The fraction of sp³-hybridized carbons (Fsp3) is 0.500. The van der Waals surface area contributed by atoms with Crippen molar-refractivity contribution in [3.05, 3.63) is 53.1 Å². The smallest absolute Gasteiger partial charge is 0.125 e. The second-order valence-electron chi connectivity index (χ2n) is 8.61. The maximum atomic E-state index is 5.89. The maximum absolute atomic E-state index is 5.89.